The molecule has 6 aliphatic carbocycles. The highest BCUT2D eigenvalue weighted by Crippen LogP contribution is 2.75. The van der Waals surface area contributed by atoms with E-state index in [1.165, 1.54) is 30.4 Å². The minimum Gasteiger partial charge on any atom is -0.616 e. The second-order valence-corrected chi connectivity index (χ2v) is 19.7. The Kier molecular flexibility index (Phi) is 9.27. The maximum absolute atomic E-state index is 14.7. The van der Waals surface area contributed by atoms with Crippen LogP contribution in [0.2, 0.25) is 0 Å². The molecular formula is C39H59F3N2O3S. The molecule has 0 spiro atoms. The molecule has 7 aliphatic rings. The Bertz CT molecular complexity index is 1310. The molecule has 5 nitrogen and oxygen atoms in total. The molecule has 0 aromatic heterocycles. The zero-order chi connectivity index (χ0) is 34.3. The molecule has 4 saturated carbocycles. The van der Waals surface area contributed by atoms with Crippen LogP contribution in [0.15, 0.2) is 23.3 Å². The Morgan fingerprint density at radius 1 is 1.00 bits per heavy atom. The summed E-state index contributed by atoms with van der Waals surface area (Å²) in [6.45, 7) is 11.0. The fourth-order valence-electron chi connectivity index (χ4n) is 13.5. The second-order valence-electron chi connectivity index (χ2n) is 18.0. The first-order valence-electron chi connectivity index (χ1n) is 19.2. The number of aliphatic carboxylic acids is 1. The van der Waals surface area contributed by atoms with Crippen LogP contribution in [0.3, 0.4) is 0 Å². The molecule has 0 radical (unpaired) electrons. The number of rotatable bonds is 6. The molecule has 9 heteroatoms. The molecule has 0 aromatic carbocycles. The highest BCUT2D eigenvalue weighted by Gasteiger charge is 2.69. The van der Waals surface area contributed by atoms with Gasteiger partial charge in [0.1, 0.15) is 17.5 Å². The number of halogens is 3. The molecule has 1 heterocycles. The maximum Gasteiger partial charge on any atom is 0.405 e. The van der Waals surface area contributed by atoms with Crippen molar-refractivity contribution in [3.05, 3.63) is 23.3 Å². The number of carbonyl (C=O) groups is 1. The fourth-order valence-corrected chi connectivity index (χ4v) is 14.6. The van der Waals surface area contributed by atoms with Crippen LogP contribution in [0, 0.1) is 51.8 Å². The molecule has 1 saturated heterocycles. The third-order valence-electron chi connectivity index (χ3n) is 16.3. The van der Waals surface area contributed by atoms with E-state index in [1.54, 1.807) is 0 Å². The summed E-state index contributed by atoms with van der Waals surface area (Å²) in [7, 11) is 0. The van der Waals surface area contributed by atoms with Gasteiger partial charge >= 0.3 is 12.1 Å². The molecule has 5 fully saturated rings. The van der Waals surface area contributed by atoms with Gasteiger partial charge < -0.3 is 9.66 Å². The summed E-state index contributed by atoms with van der Waals surface area (Å²) in [4.78, 5) is 13.5. The predicted octanol–water partition coefficient (Wildman–Crippen LogP) is 8.14. The van der Waals surface area contributed by atoms with Crippen molar-refractivity contribution in [3.63, 3.8) is 0 Å². The number of fused-ring (bicyclic) bond motifs is 7. The molecule has 270 valence electrons. The van der Waals surface area contributed by atoms with Crippen LogP contribution in [-0.4, -0.2) is 69.4 Å². The minimum absolute atomic E-state index is 0.0403. The molecule has 1 aliphatic heterocycles. The van der Waals surface area contributed by atoms with Crippen molar-refractivity contribution in [2.24, 2.45) is 51.8 Å². The number of carboxylic acids is 1. The van der Waals surface area contributed by atoms with Crippen molar-refractivity contribution in [2.75, 3.05) is 31.1 Å². The summed E-state index contributed by atoms with van der Waals surface area (Å²) in [6.07, 6.45) is 13.1. The van der Waals surface area contributed by atoms with Gasteiger partial charge in [0.05, 0.1) is 5.92 Å². The lowest BCUT2D eigenvalue weighted by Crippen LogP contribution is -2.69. The number of hydrogen-bond acceptors (Lipinski definition) is 4. The SMILES string of the molecule is CC1C(C2=CCC(C(=O)O)CC2)=CCC2(C)C1CCC1(C)C2CCC2C3CCCC3(NC(CN3CC[S+]([O-])CC3)C(F)(F)F)CC[C@]21C. The van der Waals surface area contributed by atoms with E-state index in [-0.39, 0.29) is 34.6 Å². The summed E-state index contributed by atoms with van der Waals surface area (Å²) in [5.74, 6) is 2.39. The van der Waals surface area contributed by atoms with Crippen LogP contribution in [0.5, 0.6) is 0 Å². The van der Waals surface area contributed by atoms with Crippen LogP contribution >= 0.6 is 0 Å². The third-order valence-corrected chi connectivity index (χ3v) is 17.5. The van der Waals surface area contributed by atoms with Gasteiger partial charge in [0.2, 0.25) is 0 Å². The van der Waals surface area contributed by atoms with E-state index in [9.17, 15) is 27.6 Å². The number of carboxylic acid groups (broad SMARTS) is 1. The van der Waals surface area contributed by atoms with Gasteiger partial charge in [-0.1, -0.05) is 57.4 Å². The lowest BCUT2D eigenvalue weighted by Gasteiger charge is -2.71. The van der Waals surface area contributed by atoms with E-state index < -0.39 is 34.9 Å². The summed E-state index contributed by atoms with van der Waals surface area (Å²) in [6, 6.07) is -1.55. The van der Waals surface area contributed by atoms with Crippen LogP contribution in [0.1, 0.15) is 111 Å². The fraction of sp³-hybridized carbons (Fsp3) is 0.872. The van der Waals surface area contributed by atoms with E-state index in [1.807, 2.05) is 4.90 Å². The number of nitrogens with one attached hydrogen (secondary N) is 1. The zero-order valence-corrected chi connectivity index (χ0v) is 30.5. The van der Waals surface area contributed by atoms with E-state index in [0.717, 1.165) is 57.8 Å². The molecule has 0 bridgehead atoms. The monoisotopic (exact) mass is 692 g/mol. The molecule has 10 unspecified atom stereocenters. The Balaban J connectivity index is 1.11. The standard InChI is InChI=1S/C39H59F3N2O3S/c1-25-28(26-7-9-27(10-8-26)34(45)46)13-16-35(2)29(25)14-17-37(4)32(35)12-11-30-31-6-5-15-38(31,19-18-36(30,37)3)43-33(39(40,41)42)24-44-20-22-48(47)23-21-44/h7,13,25,27,29-33,43H,5-6,8-12,14-24H2,1-4H3,(H,45,46)/t25?,27?,29?,30?,31?,32?,33?,35?,36-,37?,38?/m1/s1. The maximum atomic E-state index is 14.7. The topological polar surface area (TPSA) is 75.6 Å². The number of nitrogens with zero attached hydrogens (tertiary/aromatic N) is 1. The van der Waals surface area contributed by atoms with Crippen molar-refractivity contribution < 1.29 is 27.6 Å². The number of alkyl halides is 3. The largest absolute Gasteiger partial charge is 0.616 e. The predicted molar refractivity (Wildman–Crippen MR) is 185 cm³/mol. The molecule has 0 aromatic rings. The zero-order valence-electron chi connectivity index (χ0n) is 29.7. The van der Waals surface area contributed by atoms with E-state index in [4.69, 9.17) is 0 Å². The van der Waals surface area contributed by atoms with Crippen LogP contribution in [0.4, 0.5) is 13.2 Å². The molecule has 11 atom stereocenters. The van der Waals surface area contributed by atoms with Crippen molar-refractivity contribution in [1.82, 2.24) is 10.2 Å². The second kappa shape index (κ2) is 12.6. The summed E-state index contributed by atoms with van der Waals surface area (Å²) < 4.78 is 56.0. The van der Waals surface area contributed by atoms with E-state index in [2.05, 4.69) is 45.2 Å². The van der Waals surface area contributed by atoms with Crippen LogP contribution < -0.4 is 5.32 Å². The first-order valence-corrected chi connectivity index (χ1v) is 20.6. The quantitative estimate of drug-likeness (QED) is 0.275. The average Bonchev–Trinajstić information content (AvgIpc) is 3.46. The number of allylic oxidation sites excluding steroid dienone is 4. The number of hydrogen-bond donors (Lipinski definition) is 2. The average molecular weight is 693 g/mol. The van der Waals surface area contributed by atoms with Crippen molar-refractivity contribution >= 4 is 17.1 Å². The van der Waals surface area contributed by atoms with Gasteiger partial charge in [-0.25, -0.2) is 0 Å². The molecule has 7 rings (SSSR count). The van der Waals surface area contributed by atoms with Crippen molar-refractivity contribution in [3.8, 4) is 0 Å². The molecule has 0 amide bonds. The van der Waals surface area contributed by atoms with Gasteiger partial charge in [-0.15, -0.1) is 0 Å². The van der Waals surface area contributed by atoms with Gasteiger partial charge in [0.25, 0.3) is 0 Å². The van der Waals surface area contributed by atoms with Gasteiger partial charge in [-0.2, -0.15) is 13.2 Å². The molecule has 48 heavy (non-hydrogen) atoms. The lowest BCUT2D eigenvalue weighted by atomic mass is 9.34. The van der Waals surface area contributed by atoms with E-state index >= 15 is 0 Å². The van der Waals surface area contributed by atoms with Crippen molar-refractivity contribution in [2.45, 2.75) is 129 Å². The van der Waals surface area contributed by atoms with Gasteiger partial charge in [0.15, 0.2) is 0 Å². The minimum atomic E-state index is -4.31. The smallest absolute Gasteiger partial charge is 0.405 e. The Labute approximate surface area is 289 Å². The summed E-state index contributed by atoms with van der Waals surface area (Å²) >= 11 is -0.906. The van der Waals surface area contributed by atoms with Gasteiger partial charge in [-0.3, -0.25) is 15.0 Å². The summed E-state index contributed by atoms with van der Waals surface area (Å²) in [5, 5.41) is 12.9. The lowest BCUT2D eigenvalue weighted by molar-refractivity contribution is -0.218. The van der Waals surface area contributed by atoms with Crippen LogP contribution in [-0.2, 0) is 16.0 Å². The Morgan fingerprint density at radius 2 is 1.75 bits per heavy atom. The first kappa shape index (κ1) is 35.4. The molecular weight excluding hydrogens is 634 g/mol. The highest BCUT2D eigenvalue weighted by atomic mass is 32.2. The summed E-state index contributed by atoms with van der Waals surface area (Å²) in [5.41, 5.74) is 2.88. The first-order chi connectivity index (χ1) is 22.6. The van der Waals surface area contributed by atoms with Crippen LogP contribution in [0.25, 0.3) is 0 Å². The van der Waals surface area contributed by atoms with Gasteiger partial charge in [0, 0.05) is 25.2 Å². The van der Waals surface area contributed by atoms with Crippen molar-refractivity contribution in [1.29, 1.82) is 0 Å². The van der Waals surface area contributed by atoms with Gasteiger partial charge in [-0.05, 0) is 134 Å². The third kappa shape index (κ3) is 5.66. The molecule has 2 N–H and O–H groups in total. The van der Waals surface area contributed by atoms with E-state index in [0.29, 0.717) is 54.7 Å². The highest BCUT2D eigenvalue weighted by molar-refractivity contribution is 7.91. The Hall–Kier alpha value is -1.03. The normalized spacial score (nSPS) is 46.0. The Morgan fingerprint density at radius 3 is 2.42 bits per heavy atom.